The molecule has 0 amide bonds. The number of hydrogen-bond acceptors (Lipinski definition) is 3. The summed E-state index contributed by atoms with van der Waals surface area (Å²) in [4.78, 5) is 0.0814. The molecule has 1 atom stereocenters. The molecule has 4 nitrogen and oxygen atoms in total. The molecule has 6 heteroatoms. The van der Waals surface area contributed by atoms with E-state index in [9.17, 15) is 13.5 Å². The van der Waals surface area contributed by atoms with Gasteiger partial charge < -0.3 is 5.11 Å². The fourth-order valence-corrected chi connectivity index (χ4v) is 4.54. The quantitative estimate of drug-likeness (QED) is 0.924. The van der Waals surface area contributed by atoms with Crippen molar-refractivity contribution in [3.63, 3.8) is 0 Å². The Balaban J connectivity index is 2.14. The normalized spacial score (nSPS) is 18.4. The van der Waals surface area contributed by atoms with Gasteiger partial charge in [-0.15, -0.1) is 0 Å². The second-order valence-electron chi connectivity index (χ2n) is 4.87. The zero-order valence-electron chi connectivity index (χ0n) is 11.1. The molecule has 1 aliphatic heterocycles. The molecule has 2 aromatic rings. The van der Waals surface area contributed by atoms with Crippen LogP contribution in [-0.2, 0) is 10.0 Å². The first-order valence-corrected chi connectivity index (χ1v) is 8.38. The Labute approximate surface area is 128 Å². The predicted octanol–water partition coefficient (Wildman–Crippen LogP) is 2.97. The molecule has 1 aliphatic rings. The standard InChI is InChI=1S/C15H14ClNO3S/c16-12-6-2-4-8-15(12)21(19,20)17-10-9-14(18)11-5-1-3-7-13(11)17/h1-8,14,18H,9-10H2. The summed E-state index contributed by atoms with van der Waals surface area (Å²) in [5.74, 6) is 0. The van der Waals surface area contributed by atoms with Crippen LogP contribution in [0.4, 0.5) is 5.69 Å². The zero-order chi connectivity index (χ0) is 15.0. The molecule has 1 heterocycles. The number of sulfonamides is 1. The van der Waals surface area contributed by atoms with Crippen molar-refractivity contribution in [3.05, 3.63) is 59.1 Å². The van der Waals surface area contributed by atoms with E-state index in [1.165, 1.54) is 10.4 Å². The average Bonchev–Trinajstić information content (AvgIpc) is 2.48. The second kappa shape index (κ2) is 5.33. The van der Waals surface area contributed by atoms with E-state index < -0.39 is 16.1 Å². The van der Waals surface area contributed by atoms with Crippen LogP contribution in [0.3, 0.4) is 0 Å². The van der Waals surface area contributed by atoms with Crippen molar-refractivity contribution in [1.82, 2.24) is 0 Å². The van der Waals surface area contributed by atoms with Gasteiger partial charge in [-0.2, -0.15) is 0 Å². The molecule has 0 aromatic heterocycles. The SMILES string of the molecule is O=S(=O)(c1ccccc1Cl)N1CCC(O)c2ccccc21. The maximum Gasteiger partial charge on any atom is 0.265 e. The summed E-state index contributed by atoms with van der Waals surface area (Å²) in [6, 6.07) is 13.4. The lowest BCUT2D eigenvalue weighted by molar-refractivity contribution is 0.166. The summed E-state index contributed by atoms with van der Waals surface area (Å²) >= 11 is 6.03. The second-order valence-corrected chi connectivity index (χ2v) is 7.11. The van der Waals surface area contributed by atoms with Crippen LogP contribution in [0, 0.1) is 0 Å². The van der Waals surface area contributed by atoms with E-state index in [-0.39, 0.29) is 16.5 Å². The number of para-hydroxylation sites is 1. The monoisotopic (exact) mass is 323 g/mol. The summed E-state index contributed by atoms with van der Waals surface area (Å²) in [6.45, 7) is 0.228. The molecule has 0 spiro atoms. The Morgan fingerprint density at radius 2 is 1.76 bits per heavy atom. The van der Waals surface area contributed by atoms with Gasteiger partial charge in [-0.1, -0.05) is 41.9 Å². The lowest BCUT2D eigenvalue weighted by Gasteiger charge is -2.33. The van der Waals surface area contributed by atoms with Crippen molar-refractivity contribution in [2.24, 2.45) is 0 Å². The van der Waals surface area contributed by atoms with Crippen LogP contribution in [0.25, 0.3) is 0 Å². The lowest BCUT2D eigenvalue weighted by atomic mass is 10.0. The van der Waals surface area contributed by atoms with Gasteiger partial charge in [-0.25, -0.2) is 8.42 Å². The predicted molar refractivity (Wildman–Crippen MR) is 82.0 cm³/mol. The van der Waals surface area contributed by atoms with E-state index >= 15 is 0 Å². The van der Waals surface area contributed by atoms with Crippen LogP contribution < -0.4 is 4.31 Å². The van der Waals surface area contributed by atoms with Crippen molar-refractivity contribution in [2.75, 3.05) is 10.8 Å². The number of fused-ring (bicyclic) bond motifs is 1. The number of rotatable bonds is 2. The summed E-state index contributed by atoms with van der Waals surface area (Å²) in [7, 11) is -3.74. The average molecular weight is 324 g/mol. The minimum absolute atomic E-state index is 0.0814. The number of anilines is 1. The highest BCUT2D eigenvalue weighted by molar-refractivity contribution is 7.93. The van der Waals surface area contributed by atoms with Gasteiger partial charge in [-0.3, -0.25) is 4.31 Å². The minimum Gasteiger partial charge on any atom is -0.388 e. The first-order valence-electron chi connectivity index (χ1n) is 6.56. The third-order valence-corrected chi connectivity index (χ3v) is 5.89. The van der Waals surface area contributed by atoms with E-state index in [0.717, 1.165) is 0 Å². The summed E-state index contributed by atoms with van der Waals surface area (Å²) in [5.41, 5.74) is 1.13. The third kappa shape index (κ3) is 2.41. The lowest BCUT2D eigenvalue weighted by Crippen LogP contribution is -2.36. The number of nitrogens with zero attached hydrogens (tertiary/aromatic N) is 1. The number of aliphatic hydroxyl groups is 1. The van der Waals surface area contributed by atoms with Gasteiger partial charge in [0, 0.05) is 12.1 Å². The highest BCUT2D eigenvalue weighted by Crippen LogP contribution is 2.37. The van der Waals surface area contributed by atoms with Crippen LogP contribution in [0.1, 0.15) is 18.1 Å². The number of halogens is 1. The van der Waals surface area contributed by atoms with Crippen LogP contribution in [0.5, 0.6) is 0 Å². The van der Waals surface area contributed by atoms with Gasteiger partial charge in [0.25, 0.3) is 10.0 Å². The van der Waals surface area contributed by atoms with E-state index in [0.29, 0.717) is 17.7 Å². The first kappa shape index (κ1) is 14.4. The van der Waals surface area contributed by atoms with Crippen LogP contribution in [0.2, 0.25) is 5.02 Å². The smallest absolute Gasteiger partial charge is 0.265 e. The Bertz CT molecular complexity index is 776. The van der Waals surface area contributed by atoms with E-state index in [1.807, 2.05) is 0 Å². The maximum atomic E-state index is 12.8. The Morgan fingerprint density at radius 1 is 1.10 bits per heavy atom. The van der Waals surface area contributed by atoms with Gasteiger partial charge in [-0.05, 0) is 24.6 Å². The summed E-state index contributed by atoms with van der Waals surface area (Å²) < 4.78 is 27.0. The highest BCUT2D eigenvalue weighted by atomic mass is 35.5. The van der Waals surface area contributed by atoms with Gasteiger partial charge in [0.1, 0.15) is 4.90 Å². The number of hydrogen-bond donors (Lipinski definition) is 1. The Morgan fingerprint density at radius 3 is 2.52 bits per heavy atom. The molecule has 0 saturated carbocycles. The van der Waals surface area contributed by atoms with Crippen molar-refractivity contribution < 1.29 is 13.5 Å². The highest BCUT2D eigenvalue weighted by Gasteiger charge is 2.33. The largest absolute Gasteiger partial charge is 0.388 e. The summed E-state index contributed by atoms with van der Waals surface area (Å²) in [5, 5.41) is 10.2. The molecule has 3 rings (SSSR count). The van der Waals surface area contributed by atoms with Gasteiger partial charge >= 0.3 is 0 Å². The van der Waals surface area contributed by atoms with Crippen LogP contribution in [0.15, 0.2) is 53.4 Å². The maximum absolute atomic E-state index is 12.8. The van der Waals surface area contributed by atoms with Crippen LogP contribution in [-0.4, -0.2) is 20.1 Å². The molecule has 0 radical (unpaired) electrons. The minimum atomic E-state index is -3.74. The molecular weight excluding hydrogens is 310 g/mol. The molecule has 0 aliphatic carbocycles. The van der Waals surface area contributed by atoms with Gasteiger partial charge in [0.15, 0.2) is 0 Å². The molecule has 0 saturated heterocycles. The van der Waals surface area contributed by atoms with E-state index in [2.05, 4.69) is 0 Å². The van der Waals surface area contributed by atoms with Crippen molar-refractivity contribution in [2.45, 2.75) is 17.4 Å². The van der Waals surface area contributed by atoms with Gasteiger partial charge in [0.05, 0.1) is 16.8 Å². The Hall–Kier alpha value is -1.56. The molecule has 1 unspecified atom stereocenters. The van der Waals surface area contributed by atoms with E-state index in [1.54, 1.807) is 42.5 Å². The van der Waals surface area contributed by atoms with Crippen molar-refractivity contribution in [1.29, 1.82) is 0 Å². The molecule has 21 heavy (non-hydrogen) atoms. The molecule has 0 bridgehead atoms. The molecular formula is C15H14ClNO3S. The number of aliphatic hydroxyl groups excluding tert-OH is 1. The fraction of sp³-hybridized carbons (Fsp3) is 0.200. The topological polar surface area (TPSA) is 57.6 Å². The Kier molecular flexibility index (Phi) is 3.65. The first-order chi connectivity index (χ1) is 10.0. The summed E-state index contributed by atoms with van der Waals surface area (Å²) in [6.07, 6.45) is -0.278. The van der Waals surface area contributed by atoms with Crippen LogP contribution >= 0.6 is 11.6 Å². The number of benzene rings is 2. The van der Waals surface area contributed by atoms with Gasteiger partial charge in [0.2, 0.25) is 0 Å². The zero-order valence-corrected chi connectivity index (χ0v) is 12.7. The van der Waals surface area contributed by atoms with Crippen molar-refractivity contribution in [3.8, 4) is 0 Å². The molecule has 0 fully saturated rings. The van der Waals surface area contributed by atoms with Crippen molar-refractivity contribution >= 4 is 27.3 Å². The molecule has 110 valence electrons. The third-order valence-electron chi connectivity index (χ3n) is 3.57. The van der Waals surface area contributed by atoms with E-state index in [4.69, 9.17) is 11.6 Å². The molecule has 1 N–H and O–H groups in total. The molecule has 2 aromatic carbocycles. The fourth-order valence-electron chi connectivity index (χ4n) is 2.53.